The van der Waals surface area contributed by atoms with Crippen LogP contribution >= 0.6 is 0 Å². The molecule has 0 atom stereocenters. The Bertz CT molecular complexity index is 456. The maximum absolute atomic E-state index is 12.1. The summed E-state index contributed by atoms with van der Waals surface area (Å²) >= 11 is 0. The van der Waals surface area contributed by atoms with Crippen LogP contribution < -0.4 is 0 Å². The summed E-state index contributed by atoms with van der Waals surface area (Å²) in [5, 5.41) is 0. The highest BCUT2D eigenvalue weighted by Gasteiger charge is 2.25. The Hall–Kier alpha value is -1.57. The first-order chi connectivity index (χ1) is 7.84. The number of ketones is 1. The lowest BCUT2D eigenvalue weighted by molar-refractivity contribution is 0.103. The Morgan fingerprint density at radius 1 is 1.12 bits per heavy atom. The molecule has 0 unspecified atom stereocenters. The Balaban J connectivity index is 1.89. The second-order valence-electron chi connectivity index (χ2n) is 4.56. The van der Waals surface area contributed by atoms with Crippen LogP contribution in [-0.4, -0.2) is 23.8 Å². The number of likely N-dealkylation sites (tertiary alicyclic amines) is 1. The summed E-state index contributed by atoms with van der Waals surface area (Å²) < 4.78 is 0. The van der Waals surface area contributed by atoms with Crippen LogP contribution in [0.2, 0.25) is 0 Å². The summed E-state index contributed by atoms with van der Waals surface area (Å²) in [5.74, 6) is 0.225. The van der Waals surface area contributed by atoms with Gasteiger partial charge in [-0.05, 0) is 18.4 Å². The molecule has 2 heteroatoms. The summed E-state index contributed by atoms with van der Waals surface area (Å²) in [7, 11) is 0. The molecule has 0 bridgehead atoms. The highest BCUT2D eigenvalue weighted by atomic mass is 16.1. The van der Waals surface area contributed by atoms with Gasteiger partial charge >= 0.3 is 0 Å². The standard InChI is InChI=1S/C14H15NO/c16-14-12(10-15-7-3-4-8-15)9-11-5-1-2-6-13(11)14/h1-2,5-6,10H,3-4,7-9H2/b12-10+. The van der Waals surface area contributed by atoms with Gasteiger partial charge in [-0.25, -0.2) is 0 Å². The lowest BCUT2D eigenvalue weighted by atomic mass is 10.1. The first-order valence-electron chi connectivity index (χ1n) is 5.92. The number of allylic oxidation sites excluding steroid dienone is 1. The van der Waals surface area contributed by atoms with E-state index >= 15 is 0 Å². The molecule has 2 nitrogen and oxygen atoms in total. The molecule has 1 heterocycles. The van der Waals surface area contributed by atoms with E-state index in [2.05, 4.69) is 17.2 Å². The molecule has 0 aromatic heterocycles. The van der Waals surface area contributed by atoms with Crippen LogP contribution in [0.5, 0.6) is 0 Å². The van der Waals surface area contributed by atoms with Crippen molar-refractivity contribution in [3.63, 3.8) is 0 Å². The fraction of sp³-hybridized carbons (Fsp3) is 0.357. The van der Waals surface area contributed by atoms with Crippen LogP contribution in [0.3, 0.4) is 0 Å². The van der Waals surface area contributed by atoms with Crippen LogP contribution in [0.1, 0.15) is 28.8 Å². The van der Waals surface area contributed by atoms with E-state index in [0.29, 0.717) is 0 Å². The normalized spacial score (nSPS) is 21.9. The zero-order chi connectivity index (χ0) is 11.0. The zero-order valence-electron chi connectivity index (χ0n) is 9.28. The van der Waals surface area contributed by atoms with Gasteiger partial charge in [0.2, 0.25) is 0 Å². The second-order valence-corrected chi connectivity index (χ2v) is 4.56. The Labute approximate surface area is 95.6 Å². The summed E-state index contributed by atoms with van der Waals surface area (Å²) in [6.07, 6.45) is 5.40. The minimum absolute atomic E-state index is 0.225. The number of benzene rings is 1. The third-order valence-corrected chi connectivity index (χ3v) is 3.41. The second kappa shape index (κ2) is 3.78. The van der Waals surface area contributed by atoms with E-state index in [9.17, 15) is 4.79 Å². The van der Waals surface area contributed by atoms with Crippen molar-refractivity contribution in [1.82, 2.24) is 4.90 Å². The molecule has 3 rings (SSSR count). The van der Waals surface area contributed by atoms with E-state index in [4.69, 9.17) is 0 Å². The molecule has 1 aliphatic heterocycles. The van der Waals surface area contributed by atoms with Gasteiger partial charge in [0.15, 0.2) is 5.78 Å². The SMILES string of the molecule is O=C1/C(=C/N2CCCC2)Cc2ccccc21. The van der Waals surface area contributed by atoms with Crippen LogP contribution in [0, 0.1) is 0 Å². The van der Waals surface area contributed by atoms with Gasteiger partial charge in [0.25, 0.3) is 0 Å². The van der Waals surface area contributed by atoms with Gasteiger partial charge in [0.05, 0.1) is 0 Å². The first kappa shape index (κ1) is 9.64. The van der Waals surface area contributed by atoms with Crippen molar-refractivity contribution in [1.29, 1.82) is 0 Å². The van der Waals surface area contributed by atoms with Crippen molar-refractivity contribution in [3.05, 3.63) is 47.2 Å². The topological polar surface area (TPSA) is 20.3 Å². The summed E-state index contributed by atoms with van der Waals surface area (Å²) in [4.78, 5) is 14.4. The smallest absolute Gasteiger partial charge is 0.191 e. The number of hydrogen-bond donors (Lipinski definition) is 0. The zero-order valence-corrected chi connectivity index (χ0v) is 9.28. The number of hydrogen-bond acceptors (Lipinski definition) is 2. The average molecular weight is 213 g/mol. The van der Waals surface area contributed by atoms with Crippen LogP contribution in [0.4, 0.5) is 0 Å². The van der Waals surface area contributed by atoms with E-state index in [1.54, 1.807) is 0 Å². The molecule has 0 spiro atoms. The number of carbonyl (C=O) groups is 1. The molecule has 0 N–H and O–H groups in total. The van der Waals surface area contributed by atoms with E-state index in [1.807, 2.05) is 18.2 Å². The maximum Gasteiger partial charge on any atom is 0.191 e. The number of nitrogens with zero attached hydrogens (tertiary/aromatic N) is 1. The van der Waals surface area contributed by atoms with Crippen LogP contribution in [0.25, 0.3) is 0 Å². The first-order valence-corrected chi connectivity index (χ1v) is 5.92. The lowest BCUT2D eigenvalue weighted by Gasteiger charge is -2.11. The molecule has 0 saturated carbocycles. The van der Waals surface area contributed by atoms with Crippen molar-refractivity contribution >= 4 is 5.78 Å². The Kier molecular flexibility index (Phi) is 2.28. The predicted molar refractivity (Wildman–Crippen MR) is 63.4 cm³/mol. The van der Waals surface area contributed by atoms with Crippen molar-refractivity contribution < 1.29 is 4.79 Å². The monoisotopic (exact) mass is 213 g/mol. The van der Waals surface area contributed by atoms with Gasteiger partial charge in [-0.2, -0.15) is 0 Å². The number of carbonyl (C=O) groups excluding carboxylic acids is 1. The molecule has 1 aromatic rings. The lowest BCUT2D eigenvalue weighted by Crippen LogP contribution is -2.13. The number of fused-ring (bicyclic) bond motifs is 1. The molecular formula is C14H15NO. The molecule has 1 aliphatic carbocycles. The summed E-state index contributed by atoms with van der Waals surface area (Å²) in [6.45, 7) is 2.21. The van der Waals surface area contributed by atoms with Gasteiger partial charge in [-0.3, -0.25) is 4.79 Å². The summed E-state index contributed by atoms with van der Waals surface area (Å²) in [6, 6.07) is 7.93. The molecule has 1 aromatic carbocycles. The largest absolute Gasteiger partial charge is 0.377 e. The van der Waals surface area contributed by atoms with E-state index in [-0.39, 0.29) is 5.78 Å². The average Bonchev–Trinajstić information content (AvgIpc) is 2.90. The minimum Gasteiger partial charge on any atom is -0.377 e. The van der Waals surface area contributed by atoms with Crippen molar-refractivity contribution in [2.75, 3.05) is 13.1 Å². The summed E-state index contributed by atoms with van der Waals surface area (Å²) in [5.41, 5.74) is 3.04. The Morgan fingerprint density at radius 2 is 1.88 bits per heavy atom. The van der Waals surface area contributed by atoms with Gasteiger partial charge in [-0.1, -0.05) is 24.3 Å². The molecule has 1 fully saturated rings. The molecule has 1 saturated heterocycles. The van der Waals surface area contributed by atoms with Crippen LogP contribution in [0.15, 0.2) is 36.0 Å². The van der Waals surface area contributed by atoms with Crippen molar-refractivity contribution in [2.24, 2.45) is 0 Å². The number of Topliss-reactive ketones (excluding diaryl/α,β-unsaturated/α-hetero) is 1. The predicted octanol–water partition coefficient (Wildman–Crippen LogP) is 2.41. The van der Waals surface area contributed by atoms with Crippen molar-refractivity contribution in [3.8, 4) is 0 Å². The maximum atomic E-state index is 12.1. The van der Waals surface area contributed by atoms with Gasteiger partial charge in [-0.15, -0.1) is 0 Å². The molecule has 82 valence electrons. The van der Waals surface area contributed by atoms with E-state index < -0.39 is 0 Å². The van der Waals surface area contributed by atoms with E-state index in [1.165, 1.54) is 18.4 Å². The third kappa shape index (κ3) is 1.54. The van der Waals surface area contributed by atoms with Gasteiger partial charge in [0.1, 0.15) is 0 Å². The fourth-order valence-electron chi connectivity index (χ4n) is 2.55. The molecule has 2 aliphatic rings. The van der Waals surface area contributed by atoms with Gasteiger partial charge in [0, 0.05) is 36.8 Å². The fourth-order valence-corrected chi connectivity index (χ4v) is 2.55. The highest BCUT2D eigenvalue weighted by Crippen LogP contribution is 2.26. The third-order valence-electron chi connectivity index (χ3n) is 3.41. The van der Waals surface area contributed by atoms with Gasteiger partial charge < -0.3 is 4.90 Å². The van der Waals surface area contributed by atoms with Crippen LogP contribution in [-0.2, 0) is 6.42 Å². The quantitative estimate of drug-likeness (QED) is 0.668. The molecule has 0 amide bonds. The van der Waals surface area contributed by atoms with Crippen molar-refractivity contribution in [2.45, 2.75) is 19.3 Å². The minimum atomic E-state index is 0.225. The molecular weight excluding hydrogens is 198 g/mol. The highest BCUT2D eigenvalue weighted by molar-refractivity contribution is 6.13. The Morgan fingerprint density at radius 3 is 2.62 bits per heavy atom. The number of rotatable bonds is 1. The van der Waals surface area contributed by atoms with E-state index in [0.717, 1.165) is 30.6 Å². The molecule has 0 radical (unpaired) electrons. The molecule has 16 heavy (non-hydrogen) atoms.